The molecule has 7 nitrogen and oxygen atoms in total. The highest BCUT2D eigenvalue weighted by Gasteiger charge is 2.44. The van der Waals surface area contributed by atoms with Crippen LogP contribution in [0.4, 0.5) is 0 Å². The monoisotopic (exact) mass is 422 g/mol. The standard InChI is InChI=1S/C12H12Br2N2O5/c13-5-1-7-8(2-6(5)14)16(4-15-7)21-12-11(19)10(18)9(3-17)20-12/h1-2,4,9-12,17-19H,3H2/t9-,10-,11-,12+/m1/s1. The number of fused-ring (bicyclic) bond motifs is 1. The third kappa shape index (κ3) is 2.69. The summed E-state index contributed by atoms with van der Waals surface area (Å²) < 4.78 is 8.30. The Morgan fingerprint density at radius 2 is 1.95 bits per heavy atom. The molecule has 21 heavy (non-hydrogen) atoms. The van der Waals surface area contributed by atoms with Crippen LogP contribution in [0.15, 0.2) is 27.4 Å². The highest BCUT2D eigenvalue weighted by molar-refractivity contribution is 9.13. The number of rotatable bonds is 3. The number of aliphatic hydroxyl groups is 3. The van der Waals surface area contributed by atoms with Gasteiger partial charge in [-0.3, -0.25) is 0 Å². The molecule has 0 aliphatic carbocycles. The van der Waals surface area contributed by atoms with Crippen molar-refractivity contribution >= 4 is 42.9 Å². The van der Waals surface area contributed by atoms with Gasteiger partial charge < -0.3 is 24.9 Å². The summed E-state index contributed by atoms with van der Waals surface area (Å²) in [4.78, 5) is 9.70. The zero-order chi connectivity index (χ0) is 15.1. The average molecular weight is 424 g/mol. The maximum absolute atomic E-state index is 9.87. The minimum Gasteiger partial charge on any atom is -0.394 e. The van der Waals surface area contributed by atoms with Crippen molar-refractivity contribution in [3.05, 3.63) is 27.4 Å². The SMILES string of the molecule is OC[C@H]1O[C@@H](On2cnc3cc(Br)c(Br)cc32)[C@H](O)[C@@H]1O. The number of aromatic nitrogens is 2. The third-order valence-corrected chi connectivity index (χ3v) is 5.12. The Balaban J connectivity index is 1.87. The second kappa shape index (κ2) is 5.82. The number of benzene rings is 1. The lowest BCUT2D eigenvalue weighted by Gasteiger charge is -2.17. The van der Waals surface area contributed by atoms with Crippen molar-refractivity contribution < 1.29 is 24.9 Å². The van der Waals surface area contributed by atoms with Crippen molar-refractivity contribution in [2.24, 2.45) is 0 Å². The van der Waals surface area contributed by atoms with Gasteiger partial charge in [-0.2, -0.15) is 4.73 Å². The molecule has 3 N–H and O–H groups in total. The van der Waals surface area contributed by atoms with Crippen LogP contribution in [0.3, 0.4) is 0 Å². The molecule has 9 heteroatoms. The molecule has 2 aromatic rings. The Kier molecular flexibility index (Phi) is 4.21. The van der Waals surface area contributed by atoms with Crippen LogP contribution < -0.4 is 4.84 Å². The molecule has 4 atom stereocenters. The van der Waals surface area contributed by atoms with Crippen molar-refractivity contribution in [2.45, 2.75) is 24.6 Å². The predicted molar refractivity (Wildman–Crippen MR) is 79.5 cm³/mol. The minimum atomic E-state index is -1.25. The first-order valence-electron chi connectivity index (χ1n) is 6.13. The summed E-state index contributed by atoms with van der Waals surface area (Å²) in [6.45, 7) is -0.402. The Labute approximate surface area is 136 Å². The van der Waals surface area contributed by atoms with Gasteiger partial charge >= 0.3 is 0 Å². The molecule has 1 fully saturated rings. The van der Waals surface area contributed by atoms with E-state index in [1.54, 1.807) is 6.07 Å². The quantitative estimate of drug-likeness (QED) is 0.662. The smallest absolute Gasteiger partial charge is 0.254 e. The molecule has 1 aliphatic rings. The van der Waals surface area contributed by atoms with E-state index in [1.807, 2.05) is 6.07 Å². The molecule has 1 aromatic heterocycles. The molecule has 0 radical (unpaired) electrons. The summed E-state index contributed by atoms with van der Waals surface area (Å²) in [7, 11) is 0. The lowest BCUT2D eigenvalue weighted by atomic mass is 10.1. The summed E-state index contributed by atoms with van der Waals surface area (Å²) in [5.41, 5.74) is 1.36. The highest BCUT2D eigenvalue weighted by Crippen LogP contribution is 2.28. The van der Waals surface area contributed by atoms with E-state index in [2.05, 4.69) is 36.8 Å². The minimum absolute atomic E-state index is 0.402. The molecule has 2 heterocycles. The molecule has 0 unspecified atom stereocenters. The number of imidazole rings is 1. The Hall–Kier alpha value is -0.710. The van der Waals surface area contributed by atoms with E-state index >= 15 is 0 Å². The van der Waals surface area contributed by atoms with Crippen LogP contribution in [0.25, 0.3) is 11.0 Å². The van der Waals surface area contributed by atoms with Gasteiger partial charge in [0.15, 0.2) is 0 Å². The van der Waals surface area contributed by atoms with Gasteiger partial charge in [0.1, 0.15) is 30.2 Å². The van der Waals surface area contributed by atoms with Crippen LogP contribution in [0.1, 0.15) is 0 Å². The molecular formula is C12H12Br2N2O5. The van der Waals surface area contributed by atoms with Gasteiger partial charge in [-0.1, -0.05) is 0 Å². The van der Waals surface area contributed by atoms with Crippen LogP contribution in [-0.2, 0) is 4.74 Å². The maximum Gasteiger partial charge on any atom is 0.254 e. The fourth-order valence-electron chi connectivity index (χ4n) is 2.13. The fraction of sp³-hybridized carbons (Fsp3) is 0.417. The Morgan fingerprint density at radius 1 is 1.24 bits per heavy atom. The molecule has 0 spiro atoms. The summed E-state index contributed by atoms with van der Waals surface area (Å²) in [6, 6.07) is 3.62. The zero-order valence-electron chi connectivity index (χ0n) is 10.6. The van der Waals surface area contributed by atoms with Gasteiger partial charge in [0.2, 0.25) is 0 Å². The van der Waals surface area contributed by atoms with E-state index < -0.39 is 31.2 Å². The number of aliphatic hydroxyl groups excluding tert-OH is 3. The van der Waals surface area contributed by atoms with Gasteiger partial charge in [-0.15, -0.1) is 0 Å². The molecule has 0 bridgehead atoms. The third-order valence-electron chi connectivity index (χ3n) is 3.27. The van der Waals surface area contributed by atoms with Crippen molar-refractivity contribution in [1.29, 1.82) is 0 Å². The first-order valence-corrected chi connectivity index (χ1v) is 7.71. The highest BCUT2D eigenvalue weighted by atomic mass is 79.9. The van der Waals surface area contributed by atoms with Gasteiger partial charge in [0.05, 0.1) is 12.1 Å². The van der Waals surface area contributed by atoms with Crippen LogP contribution in [0, 0.1) is 0 Å². The molecule has 1 aliphatic heterocycles. The fourth-order valence-corrected chi connectivity index (χ4v) is 2.79. The van der Waals surface area contributed by atoms with Crippen LogP contribution in [-0.4, -0.2) is 56.2 Å². The molecule has 1 saturated heterocycles. The molecule has 3 rings (SSSR count). The van der Waals surface area contributed by atoms with E-state index in [0.29, 0.717) is 11.0 Å². The number of hydrogen-bond acceptors (Lipinski definition) is 6. The van der Waals surface area contributed by atoms with Crippen LogP contribution in [0.2, 0.25) is 0 Å². The lowest BCUT2D eigenvalue weighted by molar-refractivity contribution is -0.168. The van der Waals surface area contributed by atoms with Crippen molar-refractivity contribution in [1.82, 2.24) is 9.71 Å². The van der Waals surface area contributed by atoms with Crippen LogP contribution >= 0.6 is 31.9 Å². The molecule has 0 amide bonds. The zero-order valence-corrected chi connectivity index (χ0v) is 13.7. The lowest BCUT2D eigenvalue weighted by Crippen LogP contribution is -2.38. The van der Waals surface area contributed by atoms with Crippen molar-refractivity contribution in [2.75, 3.05) is 6.61 Å². The molecule has 1 aromatic carbocycles. The molecule has 0 saturated carbocycles. The molecule has 114 valence electrons. The van der Waals surface area contributed by atoms with Gasteiger partial charge in [-0.05, 0) is 44.0 Å². The van der Waals surface area contributed by atoms with E-state index in [0.717, 1.165) is 8.95 Å². The predicted octanol–water partition coefficient (Wildman–Crippen LogP) is 0.429. The van der Waals surface area contributed by atoms with Crippen molar-refractivity contribution in [3.8, 4) is 0 Å². The van der Waals surface area contributed by atoms with Crippen molar-refractivity contribution in [3.63, 3.8) is 0 Å². The Bertz CT molecular complexity index is 664. The first-order chi connectivity index (χ1) is 10.0. The van der Waals surface area contributed by atoms with E-state index in [4.69, 9.17) is 14.7 Å². The van der Waals surface area contributed by atoms with Gasteiger partial charge in [0, 0.05) is 8.95 Å². The number of hydrogen-bond donors (Lipinski definition) is 3. The van der Waals surface area contributed by atoms with E-state index in [-0.39, 0.29) is 0 Å². The number of halogens is 2. The first kappa shape index (κ1) is 15.2. The van der Waals surface area contributed by atoms with E-state index in [9.17, 15) is 10.2 Å². The summed E-state index contributed by atoms with van der Waals surface area (Å²) in [5.74, 6) is 0. The van der Waals surface area contributed by atoms with Crippen LogP contribution in [0.5, 0.6) is 0 Å². The number of ether oxygens (including phenoxy) is 1. The normalized spacial score (nSPS) is 29.2. The average Bonchev–Trinajstić information content (AvgIpc) is 2.96. The largest absolute Gasteiger partial charge is 0.394 e. The maximum atomic E-state index is 9.87. The summed E-state index contributed by atoms with van der Waals surface area (Å²) >= 11 is 6.78. The second-order valence-corrected chi connectivity index (χ2v) is 6.35. The molecular weight excluding hydrogens is 412 g/mol. The Morgan fingerprint density at radius 3 is 2.62 bits per heavy atom. The van der Waals surface area contributed by atoms with Gasteiger partial charge in [-0.25, -0.2) is 4.98 Å². The summed E-state index contributed by atoms with van der Waals surface area (Å²) in [6.07, 6.45) is -2.97. The summed E-state index contributed by atoms with van der Waals surface area (Å²) in [5, 5.41) is 28.6. The topological polar surface area (TPSA) is 97.0 Å². The van der Waals surface area contributed by atoms with Gasteiger partial charge in [0.25, 0.3) is 6.29 Å². The number of nitrogens with zero attached hydrogens (tertiary/aromatic N) is 2. The van der Waals surface area contributed by atoms with E-state index in [1.165, 1.54) is 11.1 Å². The second-order valence-electron chi connectivity index (χ2n) is 4.64.